The second-order valence-electron chi connectivity index (χ2n) is 7.87. The monoisotopic (exact) mass is 394 g/mol. The van der Waals surface area contributed by atoms with Gasteiger partial charge in [0.2, 0.25) is 5.91 Å². The molecule has 0 unspecified atom stereocenters. The fourth-order valence-corrected chi connectivity index (χ4v) is 4.24. The summed E-state index contributed by atoms with van der Waals surface area (Å²) in [5.41, 5.74) is 1.30. The molecule has 7 heteroatoms. The van der Waals surface area contributed by atoms with Gasteiger partial charge in [-0.15, -0.1) is 0 Å². The first kappa shape index (κ1) is 19.5. The highest BCUT2D eigenvalue weighted by atomic mass is 16.5. The molecule has 0 saturated carbocycles. The smallest absolute Gasteiger partial charge is 0.253 e. The topological polar surface area (TPSA) is 84.4 Å². The zero-order valence-corrected chi connectivity index (χ0v) is 16.4. The van der Waals surface area contributed by atoms with Crippen molar-refractivity contribution in [3.63, 3.8) is 0 Å². The molecule has 1 atom stereocenters. The average molecular weight is 394 g/mol. The number of aromatic nitrogens is 2. The molecule has 2 aliphatic rings. The third kappa shape index (κ3) is 4.79. The highest BCUT2D eigenvalue weighted by Crippen LogP contribution is 2.35. The zero-order valence-electron chi connectivity index (χ0n) is 16.4. The Balaban J connectivity index is 1.30. The van der Waals surface area contributed by atoms with E-state index in [4.69, 9.17) is 4.74 Å². The van der Waals surface area contributed by atoms with Gasteiger partial charge in [-0.25, -0.2) is 0 Å². The number of nitrogens with one attached hydrogen (secondary N) is 1. The Morgan fingerprint density at radius 2 is 1.93 bits per heavy atom. The normalized spacial score (nSPS) is 21.0. The molecule has 0 aliphatic carbocycles. The van der Waals surface area contributed by atoms with Crippen LogP contribution in [0.2, 0.25) is 0 Å². The number of hydrogen-bond donors (Lipinski definition) is 1. The molecule has 2 saturated heterocycles. The summed E-state index contributed by atoms with van der Waals surface area (Å²) >= 11 is 0. The molecule has 2 fully saturated rings. The molecular formula is C22H26N4O3. The Labute approximate surface area is 170 Å². The third-order valence-electron chi connectivity index (χ3n) is 5.90. The zero-order chi connectivity index (χ0) is 20.1. The minimum absolute atomic E-state index is 0.0657. The van der Waals surface area contributed by atoms with Crippen LogP contribution in [0.4, 0.5) is 0 Å². The molecule has 2 aliphatic heterocycles. The predicted octanol–water partition coefficient (Wildman–Crippen LogP) is 1.99. The van der Waals surface area contributed by atoms with E-state index in [0.29, 0.717) is 31.7 Å². The van der Waals surface area contributed by atoms with E-state index >= 15 is 0 Å². The van der Waals surface area contributed by atoms with Gasteiger partial charge in [0.05, 0.1) is 30.0 Å². The summed E-state index contributed by atoms with van der Waals surface area (Å²) in [6.45, 7) is 2.01. The van der Waals surface area contributed by atoms with E-state index in [1.165, 1.54) is 12.4 Å². The van der Waals surface area contributed by atoms with Crippen LogP contribution in [0.15, 0.2) is 48.8 Å². The van der Waals surface area contributed by atoms with Crippen LogP contribution in [0.3, 0.4) is 0 Å². The summed E-state index contributed by atoms with van der Waals surface area (Å²) in [7, 11) is 0. The molecule has 2 amide bonds. The summed E-state index contributed by atoms with van der Waals surface area (Å²) in [6, 6.07) is 11.6. The number of hydrogen-bond acceptors (Lipinski definition) is 5. The lowest BCUT2D eigenvalue weighted by Gasteiger charge is -2.46. The molecule has 1 spiro atoms. The van der Waals surface area contributed by atoms with Gasteiger partial charge >= 0.3 is 0 Å². The van der Waals surface area contributed by atoms with Crippen LogP contribution in [0.1, 0.15) is 41.6 Å². The third-order valence-corrected chi connectivity index (χ3v) is 5.90. The van der Waals surface area contributed by atoms with Crippen molar-refractivity contribution in [2.24, 2.45) is 0 Å². The molecule has 7 nitrogen and oxygen atoms in total. The Bertz CT molecular complexity index is 836. The molecule has 4 rings (SSSR count). The summed E-state index contributed by atoms with van der Waals surface area (Å²) in [5.74, 6) is 0.0364. The van der Waals surface area contributed by atoms with E-state index in [2.05, 4.69) is 15.5 Å². The minimum Gasteiger partial charge on any atom is -0.375 e. The van der Waals surface area contributed by atoms with Crippen molar-refractivity contribution < 1.29 is 14.3 Å². The molecule has 1 N–H and O–H groups in total. The number of amides is 2. The second-order valence-corrected chi connectivity index (χ2v) is 7.87. The highest BCUT2D eigenvalue weighted by molar-refractivity contribution is 5.93. The van der Waals surface area contributed by atoms with Crippen molar-refractivity contribution in [3.8, 4) is 0 Å². The lowest BCUT2D eigenvalue weighted by atomic mass is 9.82. The van der Waals surface area contributed by atoms with Gasteiger partial charge in [-0.1, -0.05) is 30.3 Å². The van der Waals surface area contributed by atoms with Crippen LogP contribution < -0.4 is 5.32 Å². The lowest BCUT2D eigenvalue weighted by molar-refractivity contribution is -0.143. The van der Waals surface area contributed by atoms with Gasteiger partial charge in [-0.3, -0.25) is 9.59 Å². The minimum atomic E-state index is -0.254. The van der Waals surface area contributed by atoms with E-state index in [9.17, 15) is 9.59 Å². The van der Waals surface area contributed by atoms with Crippen LogP contribution in [-0.4, -0.2) is 58.3 Å². The maximum absolute atomic E-state index is 12.6. The van der Waals surface area contributed by atoms with Crippen LogP contribution in [0.5, 0.6) is 0 Å². The van der Waals surface area contributed by atoms with Gasteiger partial charge in [0.1, 0.15) is 0 Å². The molecule has 0 radical (unpaired) electrons. The SMILES string of the molecule is O=C(N[C@H]1CCOC2(CCN(C(=O)Cc3ccccc3)CC2)C1)c1ccnnc1. The van der Waals surface area contributed by atoms with Crippen LogP contribution in [0, 0.1) is 0 Å². The van der Waals surface area contributed by atoms with Gasteiger partial charge in [0.15, 0.2) is 0 Å². The van der Waals surface area contributed by atoms with Crippen molar-refractivity contribution in [3.05, 3.63) is 59.9 Å². The number of likely N-dealkylation sites (tertiary alicyclic amines) is 1. The Morgan fingerprint density at radius 3 is 2.66 bits per heavy atom. The number of carbonyl (C=O) groups excluding carboxylic acids is 2. The fraction of sp³-hybridized carbons (Fsp3) is 0.455. The van der Waals surface area contributed by atoms with Gasteiger partial charge in [0, 0.05) is 25.7 Å². The largest absolute Gasteiger partial charge is 0.375 e. The van der Waals surface area contributed by atoms with Crippen LogP contribution >= 0.6 is 0 Å². The summed E-state index contributed by atoms with van der Waals surface area (Å²) in [6.07, 6.45) is 6.60. The van der Waals surface area contributed by atoms with Gasteiger partial charge in [0.25, 0.3) is 5.91 Å². The number of piperidine rings is 1. The maximum Gasteiger partial charge on any atom is 0.253 e. The number of ether oxygens (including phenoxy) is 1. The summed E-state index contributed by atoms with van der Waals surface area (Å²) < 4.78 is 6.16. The van der Waals surface area contributed by atoms with Crippen molar-refractivity contribution in [2.45, 2.75) is 43.7 Å². The second kappa shape index (κ2) is 8.69. The molecule has 3 heterocycles. The highest BCUT2D eigenvalue weighted by Gasteiger charge is 2.41. The van der Waals surface area contributed by atoms with E-state index in [1.54, 1.807) is 6.07 Å². The number of nitrogens with zero attached hydrogens (tertiary/aromatic N) is 3. The number of carbonyl (C=O) groups is 2. The Kier molecular flexibility index (Phi) is 5.85. The molecule has 0 bridgehead atoms. The maximum atomic E-state index is 12.6. The quantitative estimate of drug-likeness (QED) is 0.857. The molecule has 29 heavy (non-hydrogen) atoms. The van der Waals surface area contributed by atoms with Crippen molar-refractivity contribution >= 4 is 11.8 Å². The molecule has 2 aromatic rings. The van der Waals surface area contributed by atoms with Gasteiger partial charge in [-0.2, -0.15) is 10.2 Å². The van der Waals surface area contributed by atoms with E-state index < -0.39 is 0 Å². The predicted molar refractivity (Wildman–Crippen MR) is 107 cm³/mol. The molecule has 152 valence electrons. The van der Waals surface area contributed by atoms with E-state index in [1.807, 2.05) is 35.2 Å². The lowest BCUT2D eigenvalue weighted by Crippen LogP contribution is -2.54. The first-order valence-corrected chi connectivity index (χ1v) is 10.2. The summed E-state index contributed by atoms with van der Waals surface area (Å²) in [5, 5.41) is 10.6. The standard InChI is InChI=1S/C22H26N4O3/c27-20(14-17-4-2-1-3-5-17)26-11-8-22(9-12-26)15-19(7-13-29-22)25-21(28)18-6-10-23-24-16-18/h1-6,10,16,19H,7-9,11-15H2,(H,25,28)/t19-/m0/s1. The van der Waals surface area contributed by atoms with Gasteiger partial charge < -0.3 is 15.0 Å². The number of rotatable bonds is 4. The molecule has 1 aromatic carbocycles. The molecule has 1 aromatic heterocycles. The number of benzene rings is 1. The molecular weight excluding hydrogens is 368 g/mol. The first-order valence-electron chi connectivity index (χ1n) is 10.2. The fourth-order valence-electron chi connectivity index (χ4n) is 4.24. The van der Waals surface area contributed by atoms with Crippen molar-refractivity contribution in [1.29, 1.82) is 0 Å². The first-order chi connectivity index (χ1) is 14.1. The van der Waals surface area contributed by atoms with Gasteiger partial charge in [-0.05, 0) is 37.3 Å². The van der Waals surface area contributed by atoms with Crippen molar-refractivity contribution in [1.82, 2.24) is 20.4 Å². The Hall–Kier alpha value is -2.80. The Morgan fingerprint density at radius 1 is 1.14 bits per heavy atom. The van der Waals surface area contributed by atoms with E-state index in [0.717, 1.165) is 31.2 Å². The van der Waals surface area contributed by atoms with Crippen LogP contribution in [0.25, 0.3) is 0 Å². The average Bonchev–Trinajstić information content (AvgIpc) is 2.75. The van der Waals surface area contributed by atoms with E-state index in [-0.39, 0.29) is 23.5 Å². The van der Waals surface area contributed by atoms with Crippen molar-refractivity contribution in [2.75, 3.05) is 19.7 Å². The van der Waals surface area contributed by atoms with Crippen LogP contribution in [-0.2, 0) is 16.0 Å². The summed E-state index contributed by atoms with van der Waals surface area (Å²) in [4.78, 5) is 27.0.